The van der Waals surface area contributed by atoms with Gasteiger partial charge in [0.2, 0.25) is 5.95 Å². The Bertz CT molecular complexity index is 932. The third kappa shape index (κ3) is 2.91. The van der Waals surface area contributed by atoms with E-state index in [1.807, 2.05) is 44.9 Å². The molecule has 0 aliphatic carbocycles. The van der Waals surface area contributed by atoms with Gasteiger partial charge >= 0.3 is 0 Å². The number of fused-ring (bicyclic) bond motifs is 1. The van der Waals surface area contributed by atoms with Crippen molar-refractivity contribution in [1.82, 2.24) is 19.7 Å². The first-order valence-corrected chi connectivity index (χ1v) is 8.01. The number of aromatic nitrogens is 4. The molecule has 2 heterocycles. The molecule has 3 rings (SSSR count). The van der Waals surface area contributed by atoms with Crippen molar-refractivity contribution in [2.24, 2.45) is 0 Å². The lowest BCUT2D eigenvalue weighted by Crippen LogP contribution is -2.26. The van der Waals surface area contributed by atoms with E-state index >= 15 is 0 Å². The fraction of sp³-hybridized carbons (Fsp3) is 0.389. The number of nitrogens with zero attached hydrogens (tertiary/aromatic N) is 4. The van der Waals surface area contributed by atoms with E-state index in [1.54, 1.807) is 10.9 Å². The van der Waals surface area contributed by atoms with Gasteiger partial charge < -0.3 is 4.90 Å². The van der Waals surface area contributed by atoms with E-state index in [4.69, 9.17) is 0 Å². The van der Waals surface area contributed by atoms with E-state index < -0.39 is 0 Å². The molecule has 0 atom stereocenters. The second kappa shape index (κ2) is 5.78. The summed E-state index contributed by atoms with van der Waals surface area (Å²) < 4.78 is 1.79. The monoisotopic (exact) mass is 325 g/mol. The summed E-state index contributed by atoms with van der Waals surface area (Å²) in [6.07, 6.45) is 1.58. The largest absolute Gasteiger partial charge is 0.341 e. The summed E-state index contributed by atoms with van der Waals surface area (Å²) in [4.78, 5) is 21.9. The van der Waals surface area contributed by atoms with Gasteiger partial charge in [-0.2, -0.15) is 10.1 Å². The molecule has 2 aromatic heterocycles. The van der Waals surface area contributed by atoms with Crippen LogP contribution in [-0.4, -0.2) is 26.8 Å². The molecule has 0 bridgehead atoms. The lowest BCUT2D eigenvalue weighted by atomic mass is 10.1. The first-order valence-electron chi connectivity index (χ1n) is 8.01. The Morgan fingerprint density at radius 3 is 2.62 bits per heavy atom. The SMILES string of the molecule is Cc1ccccc1CN(C)c1nc2c(cnn2C(C)(C)C)c(=O)[nH]1. The Morgan fingerprint density at radius 2 is 1.96 bits per heavy atom. The van der Waals surface area contributed by atoms with Gasteiger partial charge in [0.1, 0.15) is 5.39 Å². The number of hydrogen-bond donors (Lipinski definition) is 1. The molecule has 0 saturated heterocycles. The highest BCUT2D eigenvalue weighted by Crippen LogP contribution is 2.20. The molecular weight excluding hydrogens is 302 g/mol. The van der Waals surface area contributed by atoms with Gasteiger partial charge in [0.05, 0.1) is 11.7 Å². The van der Waals surface area contributed by atoms with E-state index in [-0.39, 0.29) is 11.1 Å². The van der Waals surface area contributed by atoms with Gasteiger partial charge in [-0.3, -0.25) is 9.78 Å². The smallest absolute Gasteiger partial charge is 0.263 e. The van der Waals surface area contributed by atoms with Crippen molar-refractivity contribution in [3.8, 4) is 0 Å². The average molecular weight is 325 g/mol. The van der Waals surface area contributed by atoms with Crippen molar-refractivity contribution in [3.63, 3.8) is 0 Å². The van der Waals surface area contributed by atoms with E-state index in [1.165, 1.54) is 11.1 Å². The zero-order valence-electron chi connectivity index (χ0n) is 14.8. The second-order valence-corrected chi connectivity index (χ2v) is 7.14. The first-order chi connectivity index (χ1) is 11.3. The number of rotatable bonds is 3. The molecule has 0 unspecified atom stereocenters. The third-order valence-corrected chi connectivity index (χ3v) is 4.09. The standard InChI is InChI=1S/C18H23N5O/c1-12-8-6-7-9-13(12)11-22(5)17-20-15-14(16(24)21-17)10-19-23(15)18(2,3)4/h6-10H,11H2,1-5H3,(H,20,21,24). The lowest BCUT2D eigenvalue weighted by molar-refractivity contribution is 0.366. The number of anilines is 1. The van der Waals surface area contributed by atoms with Gasteiger partial charge in [0, 0.05) is 13.6 Å². The summed E-state index contributed by atoms with van der Waals surface area (Å²) in [7, 11) is 1.92. The van der Waals surface area contributed by atoms with Crippen molar-refractivity contribution < 1.29 is 0 Å². The molecule has 0 amide bonds. The second-order valence-electron chi connectivity index (χ2n) is 7.14. The highest BCUT2D eigenvalue weighted by atomic mass is 16.1. The van der Waals surface area contributed by atoms with Crippen LogP contribution in [0.5, 0.6) is 0 Å². The van der Waals surface area contributed by atoms with Crippen LogP contribution in [-0.2, 0) is 12.1 Å². The molecule has 0 fully saturated rings. The fourth-order valence-electron chi connectivity index (χ4n) is 2.70. The van der Waals surface area contributed by atoms with Crippen LogP contribution in [0.2, 0.25) is 0 Å². The maximum atomic E-state index is 12.4. The van der Waals surface area contributed by atoms with Gasteiger partial charge in [-0.1, -0.05) is 24.3 Å². The Balaban J connectivity index is 2.03. The molecule has 24 heavy (non-hydrogen) atoms. The molecular formula is C18H23N5O. The Labute approximate surface area is 141 Å². The topological polar surface area (TPSA) is 66.8 Å². The highest BCUT2D eigenvalue weighted by molar-refractivity contribution is 5.74. The number of aryl methyl sites for hydroxylation is 1. The molecule has 0 spiro atoms. The molecule has 6 heteroatoms. The maximum Gasteiger partial charge on any atom is 0.263 e. The molecule has 126 valence electrons. The minimum Gasteiger partial charge on any atom is -0.341 e. The number of benzene rings is 1. The average Bonchev–Trinajstić information content (AvgIpc) is 2.94. The molecule has 1 aromatic carbocycles. The van der Waals surface area contributed by atoms with Crippen LogP contribution in [0, 0.1) is 6.92 Å². The first kappa shape index (κ1) is 16.2. The van der Waals surface area contributed by atoms with Crippen LogP contribution in [0.3, 0.4) is 0 Å². The molecule has 3 aromatic rings. The summed E-state index contributed by atoms with van der Waals surface area (Å²) in [6.45, 7) is 8.87. The maximum absolute atomic E-state index is 12.4. The number of aromatic amines is 1. The zero-order chi connectivity index (χ0) is 17.5. The van der Waals surface area contributed by atoms with Gasteiger partial charge in [-0.15, -0.1) is 0 Å². The van der Waals surface area contributed by atoms with Crippen molar-refractivity contribution in [2.45, 2.75) is 39.8 Å². The number of nitrogens with one attached hydrogen (secondary N) is 1. The molecule has 0 aliphatic heterocycles. The summed E-state index contributed by atoms with van der Waals surface area (Å²) in [6, 6.07) is 8.20. The Morgan fingerprint density at radius 1 is 1.25 bits per heavy atom. The quantitative estimate of drug-likeness (QED) is 0.804. The third-order valence-electron chi connectivity index (χ3n) is 4.09. The summed E-state index contributed by atoms with van der Waals surface area (Å²) >= 11 is 0. The summed E-state index contributed by atoms with van der Waals surface area (Å²) in [5.74, 6) is 0.543. The van der Waals surface area contributed by atoms with Crippen molar-refractivity contribution >= 4 is 17.0 Å². The van der Waals surface area contributed by atoms with Gasteiger partial charge in [-0.05, 0) is 38.8 Å². The zero-order valence-corrected chi connectivity index (χ0v) is 14.8. The van der Waals surface area contributed by atoms with Crippen LogP contribution in [0.25, 0.3) is 11.0 Å². The predicted molar refractivity (Wildman–Crippen MR) is 96.4 cm³/mol. The lowest BCUT2D eigenvalue weighted by Gasteiger charge is -2.21. The fourth-order valence-corrected chi connectivity index (χ4v) is 2.70. The molecule has 0 aliphatic rings. The number of H-pyrrole nitrogens is 1. The molecule has 1 N–H and O–H groups in total. The molecule has 6 nitrogen and oxygen atoms in total. The van der Waals surface area contributed by atoms with E-state index in [0.717, 1.165) is 0 Å². The van der Waals surface area contributed by atoms with Crippen molar-refractivity contribution in [2.75, 3.05) is 11.9 Å². The molecule has 0 radical (unpaired) electrons. The van der Waals surface area contributed by atoms with E-state index in [0.29, 0.717) is 23.5 Å². The van der Waals surface area contributed by atoms with Crippen LogP contribution in [0.4, 0.5) is 5.95 Å². The van der Waals surface area contributed by atoms with Crippen LogP contribution in [0.15, 0.2) is 35.3 Å². The van der Waals surface area contributed by atoms with E-state index in [2.05, 4.69) is 34.1 Å². The minimum absolute atomic E-state index is 0.165. The highest BCUT2D eigenvalue weighted by Gasteiger charge is 2.20. The van der Waals surface area contributed by atoms with Crippen LogP contribution >= 0.6 is 0 Å². The van der Waals surface area contributed by atoms with Crippen molar-refractivity contribution in [1.29, 1.82) is 0 Å². The summed E-state index contributed by atoms with van der Waals surface area (Å²) in [5.41, 5.74) is 2.62. The van der Waals surface area contributed by atoms with Crippen LogP contribution < -0.4 is 10.5 Å². The Kier molecular flexibility index (Phi) is 3.91. The van der Waals surface area contributed by atoms with E-state index in [9.17, 15) is 4.79 Å². The summed E-state index contributed by atoms with van der Waals surface area (Å²) in [5, 5.41) is 4.85. The van der Waals surface area contributed by atoms with Gasteiger partial charge in [-0.25, -0.2) is 4.68 Å². The van der Waals surface area contributed by atoms with Crippen molar-refractivity contribution in [3.05, 3.63) is 51.9 Å². The van der Waals surface area contributed by atoms with Gasteiger partial charge in [0.25, 0.3) is 5.56 Å². The predicted octanol–water partition coefficient (Wildman–Crippen LogP) is 2.82. The van der Waals surface area contributed by atoms with Gasteiger partial charge in [0.15, 0.2) is 5.65 Å². The van der Waals surface area contributed by atoms with Crippen LogP contribution in [0.1, 0.15) is 31.9 Å². The minimum atomic E-state index is -0.242. The molecule has 0 saturated carbocycles. The number of hydrogen-bond acceptors (Lipinski definition) is 4. The normalized spacial score (nSPS) is 11.9. The Hall–Kier alpha value is -2.63.